The van der Waals surface area contributed by atoms with Gasteiger partial charge in [0.1, 0.15) is 6.17 Å². The number of rotatable bonds is 9. The monoisotopic (exact) mass is 441 g/mol. The molecule has 1 unspecified atom stereocenters. The fraction of sp³-hybridized carbons (Fsp3) is 0.679. The molecule has 0 radical (unpaired) electrons. The summed E-state index contributed by atoms with van der Waals surface area (Å²) < 4.78 is 0. The molecule has 0 saturated carbocycles. The van der Waals surface area contributed by atoms with Gasteiger partial charge in [-0.3, -0.25) is 4.79 Å². The average Bonchev–Trinajstić information content (AvgIpc) is 2.72. The van der Waals surface area contributed by atoms with Crippen molar-refractivity contribution >= 4 is 11.6 Å². The molecular weight excluding hydrogens is 394 g/mol. The van der Waals surface area contributed by atoms with Crippen molar-refractivity contribution in [3.8, 4) is 0 Å². The van der Waals surface area contributed by atoms with Crippen molar-refractivity contribution in [1.82, 2.24) is 4.90 Å². The van der Waals surface area contributed by atoms with Crippen LogP contribution >= 0.6 is 0 Å². The van der Waals surface area contributed by atoms with Crippen LogP contribution < -0.4 is 10.6 Å². The number of allylic oxidation sites excluding steroid dienone is 1. The summed E-state index contributed by atoms with van der Waals surface area (Å²) >= 11 is 0. The fourth-order valence-electron chi connectivity index (χ4n) is 4.37. The number of carbonyl (C=O) groups is 1. The SMILES string of the molecule is CC(C)=CCN(c1ccc(CCC(C)(C)C)cc1)C1CCCCN1C(=O)[C@@H](N)CC(C)C. The largest absolute Gasteiger partial charge is 0.347 e. The molecule has 1 saturated heterocycles. The lowest BCUT2D eigenvalue weighted by molar-refractivity contribution is -0.136. The van der Waals surface area contributed by atoms with Crippen molar-refractivity contribution in [3.05, 3.63) is 41.5 Å². The molecule has 2 N–H and O–H groups in total. The number of amides is 1. The van der Waals surface area contributed by atoms with E-state index in [1.165, 1.54) is 23.2 Å². The minimum Gasteiger partial charge on any atom is -0.347 e. The van der Waals surface area contributed by atoms with Gasteiger partial charge >= 0.3 is 0 Å². The van der Waals surface area contributed by atoms with E-state index in [1.54, 1.807) is 0 Å². The Morgan fingerprint density at radius 3 is 2.41 bits per heavy atom. The Balaban J connectivity index is 2.27. The molecule has 0 aliphatic carbocycles. The number of carbonyl (C=O) groups excluding carboxylic acids is 1. The van der Waals surface area contributed by atoms with Crippen LogP contribution in [-0.4, -0.2) is 36.1 Å². The van der Waals surface area contributed by atoms with Gasteiger partial charge in [0.05, 0.1) is 6.04 Å². The number of hydrogen-bond acceptors (Lipinski definition) is 3. The highest BCUT2D eigenvalue weighted by molar-refractivity contribution is 5.82. The van der Waals surface area contributed by atoms with Gasteiger partial charge in [-0.15, -0.1) is 0 Å². The van der Waals surface area contributed by atoms with E-state index in [9.17, 15) is 4.79 Å². The number of benzene rings is 1. The van der Waals surface area contributed by atoms with Crippen LogP contribution in [-0.2, 0) is 11.2 Å². The Hall–Kier alpha value is -1.81. The fourth-order valence-corrected chi connectivity index (χ4v) is 4.37. The van der Waals surface area contributed by atoms with Crippen LogP contribution in [0, 0.1) is 11.3 Å². The van der Waals surface area contributed by atoms with Gasteiger partial charge in [-0.1, -0.05) is 58.4 Å². The smallest absolute Gasteiger partial charge is 0.241 e. The zero-order valence-corrected chi connectivity index (χ0v) is 21.7. The molecule has 1 aliphatic rings. The van der Waals surface area contributed by atoms with Crippen LogP contribution in [0.2, 0.25) is 0 Å². The van der Waals surface area contributed by atoms with Gasteiger partial charge in [-0.05, 0) is 81.4 Å². The van der Waals surface area contributed by atoms with Crippen molar-refractivity contribution in [2.45, 2.75) is 99.2 Å². The maximum absolute atomic E-state index is 13.3. The Morgan fingerprint density at radius 1 is 1.19 bits per heavy atom. The standard InChI is InChI=1S/C28H47N3O/c1-21(2)16-19-30(24-13-11-23(12-14-24)15-17-28(5,6)7)26-10-8-9-18-31(26)27(32)25(29)20-22(3)4/h11-14,16,22,25-26H,8-10,15,17-20,29H2,1-7H3/t25-,26?/m0/s1. The van der Waals surface area contributed by atoms with Crippen LogP contribution in [0.1, 0.15) is 86.1 Å². The van der Waals surface area contributed by atoms with Crippen molar-refractivity contribution in [2.75, 3.05) is 18.0 Å². The van der Waals surface area contributed by atoms with Crippen LogP contribution in [0.15, 0.2) is 35.9 Å². The lowest BCUT2D eigenvalue weighted by atomic mass is 9.89. The van der Waals surface area contributed by atoms with E-state index in [2.05, 4.69) is 88.6 Å². The van der Waals surface area contributed by atoms with Crippen LogP contribution in [0.25, 0.3) is 0 Å². The topological polar surface area (TPSA) is 49.6 Å². The number of aryl methyl sites for hydroxylation is 1. The normalized spacial score (nSPS) is 17.9. The van der Waals surface area contributed by atoms with Crippen molar-refractivity contribution in [3.63, 3.8) is 0 Å². The molecule has 1 aromatic carbocycles. The van der Waals surface area contributed by atoms with Gasteiger partial charge < -0.3 is 15.5 Å². The predicted molar refractivity (Wildman–Crippen MR) is 138 cm³/mol. The third-order valence-electron chi connectivity index (χ3n) is 6.28. The summed E-state index contributed by atoms with van der Waals surface area (Å²) in [6.07, 6.45) is 8.51. The van der Waals surface area contributed by atoms with Gasteiger partial charge in [0, 0.05) is 18.8 Å². The molecule has 4 heteroatoms. The van der Waals surface area contributed by atoms with E-state index >= 15 is 0 Å². The Labute approximate surface area is 197 Å². The quantitative estimate of drug-likeness (QED) is 0.468. The maximum atomic E-state index is 13.3. The van der Waals surface area contributed by atoms with Gasteiger partial charge in [0.15, 0.2) is 0 Å². The van der Waals surface area contributed by atoms with E-state index in [4.69, 9.17) is 5.73 Å². The number of hydrogen-bond donors (Lipinski definition) is 1. The molecule has 1 fully saturated rings. The van der Waals surface area contributed by atoms with E-state index in [0.717, 1.165) is 45.2 Å². The van der Waals surface area contributed by atoms with E-state index in [1.807, 2.05) is 0 Å². The second-order valence-electron chi connectivity index (χ2n) is 11.4. The summed E-state index contributed by atoms with van der Waals surface area (Å²) in [5.74, 6) is 0.520. The molecule has 0 aromatic heterocycles. The zero-order chi connectivity index (χ0) is 23.9. The minimum absolute atomic E-state index is 0.0606. The zero-order valence-electron chi connectivity index (χ0n) is 21.7. The third-order valence-corrected chi connectivity index (χ3v) is 6.28. The summed E-state index contributed by atoms with van der Waals surface area (Å²) in [5.41, 5.74) is 10.5. The first-order chi connectivity index (χ1) is 15.0. The number of piperidine rings is 1. The highest BCUT2D eigenvalue weighted by Gasteiger charge is 2.33. The lowest BCUT2D eigenvalue weighted by Crippen LogP contribution is -2.57. The number of nitrogens with two attached hydrogens (primary N) is 1. The molecule has 2 rings (SSSR count). The van der Waals surface area contributed by atoms with Gasteiger partial charge in [0.25, 0.3) is 0 Å². The van der Waals surface area contributed by atoms with Crippen LogP contribution in [0.4, 0.5) is 5.69 Å². The Bertz CT molecular complexity index is 741. The van der Waals surface area contributed by atoms with Crippen LogP contribution in [0.5, 0.6) is 0 Å². The van der Waals surface area contributed by atoms with Crippen molar-refractivity contribution in [1.29, 1.82) is 0 Å². The molecule has 4 nitrogen and oxygen atoms in total. The second kappa shape index (κ2) is 11.9. The summed E-state index contributed by atoms with van der Waals surface area (Å²) in [7, 11) is 0. The molecule has 1 heterocycles. The third kappa shape index (κ3) is 8.27. The van der Waals surface area contributed by atoms with Gasteiger partial charge in [-0.25, -0.2) is 0 Å². The first-order valence-corrected chi connectivity index (χ1v) is 12.5. The molecule has 1 aliphatic heterocycles. The van der Waals surface area contributed by atoms with Crippen LogP contribution in [0.3, 0.4) is 0 Å². The van der Waals surface area contributed by atoms with Crippen molar-refractivity contribution < 1.29 is 4.79 Å². The molecule has 32 heavy (non-hydrogen) atoms. The molecular formula is C28H47N3O. The first kappa shape index (κ1) is 26.4. The maximum Gasteiger partial charge on any atom is 0.241 e. The summed E-state index contributed by atoms with van der Waals surface area (Å²) in [5, 5.41) is 0. The van der Waals surface area contributed by atoms with Gasteiger partial charge in [-0.2, -0.15) is 0 Å². The van der Waals surface area contributed by atoms with Gasteiger partial charge in [0.2, 0.25) is 5.91 Å². The minimum atomic E-state index is -0.416. The number of anilines is 1. The van der Waals surface area contributed by atoms with Crippen molar-refractivity contribution in [2.24, 2.45) is 17.1 Å². The second-order valence-corrected chi connectivity index (χ2v) is 11.4. The Kier molecular flexibility index (Phi) is 9.82. The average molecular weight is 442 g/mol. The summed E-state index contributed by atoms with van der Waals surface area (Å²) in [6, 6.07) is 8.58. The predicted octanol–water partition coefficient (Wildman–Crippen LogP) is 6.15. The molecule has 1 aromatic rings. The number of likely N-dealkylation sites (tertiary alicyclic amines) is 1. The Morgan fingerprint density at radius 2 is 1.84 bits per heavy atom. The molecule has 0 bridgehead atoms. The summed E-state index contributed by atoms with van der Waals surface area (Å²) in [6.45, 7) is 17.0. The molecule has 2 atom stereocenters. The molecule has 0 spiro atoms. The molecule has 180 valence electrons. The highest BCUT2D eigenvalue weighted by atomic mass is 16.2. The highest BCUT2D eigenvalue weighted by Crippen LogP contribution is 2.28. The first-order valence-electron chi connectivity index (χ1n) is 12.5. The van der Waals surface area contributed by atoms with E-state index < -0.39 is 6.04 Å². The lowest BCUT2D eigenvalue weighted by Gasteiger charge is -2.44. The number of nitrogens with zero attached hydrogens (tertiary/aromatic N) is 2. The van der Waals surface area contributed by atoms with E-state index in [0.29, 0.717) is 11.3 Å². The van der Waals surface area contributed by atoms with E-state index in [-0.39, 0.29) is 12.1 Å². The molecule has 1 amide bonds. The summed E-state index contributed by atoms with van der Waals surface area (Å²) in [4.78, 5) is 17.8.